The predicted octanol–water partition coefficient (Wildman–Crippen LogP) is 4.07. The Bertz CT molecular complexity index is 441. The van der Waals surface area contributed by atoms with Crippen LogP contribution in [0.15, 0.2) is 24.3 Å². The van der Waals surface area contributed by atoms with E-state index in [1.165, 1.54) is 31.2 Å². The molecule has 1 aliphatic carbocycles. The highest BCUT2D eigenvalue weighted by atomic mass is 16.5. The Kier molecular flexibility index (Phi) is 3.53. The number of benzene rings is 1. The fourth-order valence-corrected chi connectivity index (χ4v) is 3.64. The Morgan fingerprint density at radius 3 is 2.89 bits per heavy atom. The van der Waals surface area contributed by atoms with E-state index >= 15 is 0 Å². The Labute approximate surface area is 116 Å². The van der Waals surface area contributed by atoms with Gasteiger partial charge in [0.25, 0.3) is 0 Å². The quantitative estimate of drug-likeness (QED) is 0.864. The van der Waals surface area contributed by atoms with Crippen molar-refractivity contribution in [1.82, 2.24) is 5.32 Å². The summed E-state index contributed by atoms with van der Waals surface area (Å²) in [6, 6.07) is 9.62. The van der Waals surface area contributed by atoms with E-state index in [-0.39, 0.29) is 0 Å². The first kappa shape index (κ1) is 13.0. The van der Waals surface area contributed by atoms with Gasteiger partial charge in [-0.2, -0.15) is 0 Å². The largest absolute Gasteiger partial charge is 0.493 e. The van der Waals surface area contributed by atoms with Crippen molar-refractivity contribution >= 4 is 0 Å². The van der Waals surface area contributed by atoms with Crippen LogP contribution in [-0.2, 0) is 0 Å². The molecule has 2 aliphatic rings. The SMILES string of the molecule is CC1(C)CCCC(NC2CCOc3ccccc32)C1. The maximum Gasteiger partial charge on any atom is 0.124 e. The summed E-state index contributed by atoms with van der Waals surface area (Å²) in [5, 5.41) is 3.89. The zero-order chi connectivity index (χ0) is 13.3. The summed E-state index contributed by atoms with van der Waals surface area (Å²) in [7, 11) is 0. The van der Waals surface area contributed by atoms with Gasteiger partial charge in [-0.05, 0) is 30.7 Å². The summed E-state index contributed by atoms with van der Waals surface area (Å²) in [6.07, 6.45) is 6.44. The second kappa shape index (κ2) is 5.16. The normalized spacial score (nSPS) is 29.4. The van der Waals surface area contributed by atoms with E-state index in [9.17, 15) is 0 Å². The zero-order valence-corrected chi connectivity index (χ0v) is 12.1. The summed E-state index contributed by atoms with van der Waals surface area (Å²) in [4.78, 5) is 0. The van der Waals surface area contributed by atoms with Crippen molar-refractivity contribution in [3.05, 3.63) is 29.8 Å². The molecule has 0 spiro atoms. The van der Waals surface area contributed by atoms with Gasteiger partial charge in [0.15, 0.2) is 0 Å². The van der Waals surface area contributed by atoms with Crippen LogP contribution >= 0.6 is 0 Å². The lowest BCUT2D eigenvalue weighted by molar-refractivity contribution is 0.173. The van der Waals surface area contributed by atoms with Crippen molar-refractivity contribution in [3.8, 4) is 5.75 Å². The third kappa shape index (κ3) is 2.94. The summed E-state index contributed by atoms with van der Waals surface area (Å²) in [6.45, 7) is 5.64. The Morgan fingerprint density at radius 1 is 1.21 bits per heavy atom. The summed E-state index contributed by atoms with van der Waals surface area (Å²) >= 11 is 0. The predicted molar refractivity (Wildman–Crippen MR) is 78.5 cm³/mol. The minimum absolute atomic E-state index is 0.476. The van der Waals surface area contributed by atoms with E-state index in [1.54, 1.807) is 0 Å². The van der Waals surface area contributed by atoms with Crippen molar-refractivity contribution in [2.24, 2.45) is 5.41 Å². The van der Waals surface area contributed by atoms with Crippen molar-refractivity contribution in [3.63, 3.8) is 0 Å². The fraction of sp³-hybridized carbons (Fsp3) is 0.647. The number of fused-ring (bicyclic) bond motifs is 1. The van der Waals surface area contributed by atoms with Gasteiger partial charge in [-0.25, -0.2) is 0 Å². The van der Waals surface area contributed by atoms with Crippen molar-refractivity contribution in [2.75, 3.05) is 6.61 Å². The van der Waals surface area contributed by atoms with Gasteiger partial charge in [-0.3, -0.25) is 0 Å². The molecule has 1 heterocycles. The van der Waals surface area contributed by atoms with Crippen molar-refractivity contribution < 1.29 is 4.74 Å². The first-order valence-electron chi connectivity index (χ1n) is 7.62. The highest BCUT2D eigenvalue weighted by molar-refractivity contribution is 5.37. The molecule has 2 heteroatoms. The molecule has 2 unspecified atom stereocenters. The van der Waals surface area contributed by atoms with E-state index < -0.39 is 0 Å². The van der Waals surface area contributed by atoms with Crippen LogP contribution in [0, 0.1) is 5.41 Å². The molecule has 0 amide bonds. The van der Waals surface area contributed by atoms with Crippen LogP contribution in [0.5, 0.6) is 5.75 Å². The lowest BCUT2D eigenvalue weighted by Crippen LogP contribution is -2.40. The number of hydrogen-bond donors (Lipinski definition) is 1. The summed E-state index contributed by atoms with van der Waals surface area (Å²) in [5.74, 6) is 1.07. The van der Waals surface area contributed by atoms with Crippen LogP contribution < -0.4 is 10.1 Å². The molecule has 3 rings (SSSR count). The molecule has 1 aromatic rings. The highest BCUT2D eigenvalue weighted by Gasteiger charge is 2.30. The summed E-state index contributed by atoms with van der Waals surface area (Å²) < 4.78 is 5.74. The molecule has 1 aliphatic heterocycles. The molecule has 1 fully saturated rings. The van der Waals surface area contributed by atoms with Crippen molar-refractivity contribution in [2.45, 2.75) is 58.0 Å². The molecule has 0 aromatic heterocycles. The molecule has 1 saturated carbocycles. The van der Waals surface area contributed by atoms with E-state index in [1.807, 2.05) is 0 Å². The number of nitrogens with one attached hydrogen (secondary N) is 1. The molecule has 0 radical (unpaired) electrons. The minimum Gasteiger partial charge on any atom is -0.493 e. The Hall–Kier alpha value is -1.02. The molecule has 1 aromatic carbocycles. The number of ether oxygens (including phenoxy) is 1. The maximum absolute atomic E-state index is 5.74. The van der Waals surface area contributed by atoms with Gasteiger partial charge in [-0.1, -0.05) is 38.5 Å². The zero-order valence-electron chi connectivity index (χ0n) is 12.1. The monoisotopic (exact) mass is 259 g/mol. The number of hydrogen-bond acceptors (Lipinski definition) is 2. The van der Waals surface area contributed by atoms with Gasteiger partial charge in [0.05, 0.1) is 6.61 Å². The number of rotatable bonds is 2. The standard InChI is InChI=1S/C17H25NO/c1-17(2)10-5-6-13(12-17)18-15-9-11-19-16-8-4-3-7-14(15)16/h3-4,7-8,13,15,18H,5-6,9-12H2,1-2H3. The van der Waals surface area contributed by atoms with Crippen LogP contribution in [0.2, 0.25) is 0 Å². The minimum atomic E-state index is 0.476. The molecular formula is C17H25NO. The first-order valence-corrected chi connectivity index (χ1v) is 7.62. The second-order valence-electron chi connectivity index (χ2n) is 6.85. The van der Waals surface area contributed by atoms with E-state index in [4.69, 9.17) is 4.74 Å². The molecule has 2 nitrogen and oxygen atoms in total. The summed E-state index contributed by atoms with van der Waals surface area (Å²) in [5.41, 5.74) is 1.85. The Morgan fingerprint density at radius 2 is 2.05 bits per heavy atom. The van der Waals surface area contributed by atoms with Crippen LogP contribution in [0.3, 0.4) is 0 Å². The second-order valence-corrected chi connectivity index (χ2v) is 6.85. The molecular weight excluding hydrogens is 234 g/mol. The molecule has 0 saturated heterocycles. The molecule has 19 heavy (non-hydrogen) atoms. The lowest BCUT2D eigenvalue weighted by Gasteiger charge is -2.38. The van der Waals surface area contributed by atoms with E-state index in [2.05, 4.69) is 43.4 Å². The van der Waals surface area contributed by atoms with Crippen LogP contribution in [0.4, 0.5) is 0 Å². The first-order chi connectivity index (χ1) is 9.14. The van der Waals surface area contributed by atoms with Crippen LogP contribution in [0.1, 0.15) is 57.6 Å². The Balaban J connectivity index is 1.71. The van der Waals surface area contributed by atoms with Gasteiger partial charge in [-0.15, -0.1) is 0 Å². The highest BCUT2D eigenvalue weighted by Crippen LogP contribution is 2.38. The van der Waals surface area contributed by atoms with Gasteiger partial charge >= 0.3 is 0 Å². The van der Waals surface area contributed by atoms with Crippen molar-refractivity contribution in [1.29, 1.82) is 0 Å². The average molecular weight is 259 g/mol. The topological polar surface area (TPSA) is 21.3 Å². The number of para-hydroxylation sites is 1. The van der Waals surface area contributed by atoms with Gasteiger partial charge in [0.1, 0.15) is 5.75 Å². The van der Waals surface area contributed by atoms with Gasteiger partial charge in [0, 0.05) is 24.1 Å². The van der Waals surface area contributed by atoms with Crippen LogP contribution in [0.25, 0.3) is 0 Å². The molecule has 1 N–H and O–H groups in total. The van der Waals surface area contributed by atoms with Gasteiger partial charge in [0.2, 0.25) is 0 Å². The fourth-order valence-electron chi connectivity index (χ4n) is 3.64. The van der Waals surface area contributed by atoms with E-state index in [0.29, 0.717) is 17.5 Å². The molecule has 2 atom stereocenters. The third-order valence-corrected chi connectivity index (χ3v) is 4.60. The van der Waals surface area contributed by atoms with Gasteiger partial charge < -0.3 is 10.1 Å². The smallest absolute Gasteiger partial charge is 0.124 e. The lowest BCUT2D eigenvalue weighted by atomic mass is 9.75. The average Bonchev–Trinajstić information content (AvgIpc) is 2.38. The maximum atomic E-state index is 5.74. The molecule has 0 bridgehead atoms. The molecule has 104 valence electrons. The third-order valence-electron chi connectivity index (χ3n) is 4.60. The van der Waals surface area contributed by atoms with Crippen LogP contribution in [-0.4, -0.2) is 12.6 Å². The van der Waals surface area contributed by atoms with E-state index in [0.717, 1.165) is 18.8 Å².